The van der Waals surface area contributed by atoms with Gasteiger partial charge in [0.2, 0.25) is 5.69 Å². The summed E-state index contributed by atoms with van der Waals surface area (Å²) in [5.74, 6) is -0.739. The lowest BCUT2D eigenvalue weighted by atomic mass is 10.2. The van der Waals surface area contributed by atoms with Crippen LogP contribution in [0.2, 0.25) is 15.1 Å². The molecule has 2 heterocycles. The number of aromatic nitrogens is 4. The molecule has 1 aromatic carbocycles. The Labute approximate surface area is 161 Å². The van der Waals surface area contributed by atoms with Crippen molar-refractivity contribution < 1.29 is 9.72 Å². The summed E-state index contributed by atoms with van der Waals surface area (Å²) >= 11 is 18.1. The number of halogens is 3. The van der Waals surface area contributed by atoms with E-state index in [1.807, 2.05) is 0 Å². The minimum absolute atomic E-state index is 0.0469. The molecule has 0 spiro atoms. The van der Waals surface area contributed by atoms with Gasteiger partial charge in [-0.15, -0.1) is 0 Å². The van der Waals surface area contributed by atoms with E-state index in [1.54, 1.807) is 18.2 Å². The number of nitro groups is 1. The molecule has 0 unspecified atom stereocenters. The van der Waals surface area contributed by atoms with E-state index in [9.17, 15) is 14.9 Å². The molecule has 0 radical (unpaired) electrons. The quantitative estimate of drug-likeness (QED) is 0.485. The first kappa shape index (κ1) is 18.2. The molecular formula is C14H9Cl3N6O3. The summed E-state index contributed by atoms with van der Waals surface area (Å²) in [5, 5.41) is 24.3. The fraction of sp³-hybridized carbons (Fsp3) is 0.0714. The van der Waals surface area contributed by atoms with Crippen molar-refractivity contribution in [3.8, 4) is 0 Å². The van der Waals surface area contributed by atoms with Crippen LogP contribution in [0.15, 0.2) is 30.6 Å². The summed E-state index contributed by atoms with van der Waals surface area (Å²) in [6.45, 7) is 0.287. The zero-order valence-corrected chi connectivity index (χ0v) is 15.0. The van der Waals surface area contributed by atoms with E-state index in [0.717, 1.165) is 11.8 Å². The fourth-order valence-corrected chi connectivity index (χ4v) is 2.81. The number of amides is 1. The van der Waals surface area contributed by atoms with E-state index in [4.69, 9.17) is 34.8 Å². The number of hydrogen-bond donors (Lipinski definition) is 2. The van der Waals surface area contributed by atoms with Crippen molar-refractivity contribution in [2.45, 2.75) is 6.54 Å². The van der Waals surface area contributed by atoms with Crippen LogP contribution in [0.1, 0.15) is 16.1 Å². The highest BCUT2D eigenvalue weighted by atomic mass is 35.5. The monoisotopic (exact) mass is 414 g/mol. The molecule has 2 N–H and O–H groups in total. The topological polar surface area (TPSA) is 119 Å². The van der Waals surface area contributed by atoms with Crippen LogP contribution < -0.4 is 5.32 Å². The average molecular weight is 416 g/mol. The Morgan fingerprint density at radius 2 is 2.08 bits per heavy atom. The molecule has 0 saturated heterocycles. The standard InChI is InChI=1S/C14H9Cl3N6O3/c15-8-2-1-7(9(16)3-8)5-22-6-10(17)13(21-22)19-14(24)12-11(23(25)26)4-18-20-12/h1-4,6H,5H2,(H,18,20)(H,19,21,24). The van der Waals surface area contributed by atoms with Gasteiger partial charge in [0.25, 0.3) is 5.91 Å². The summed E-state index contributed by atoms with van der Waals surface area (Å²) in [7, 11) is 0. The van der Waals surface area contributed by atoms with Gasteiger partial charge in [-0.1, -0.05) is 40.9 Å². The molecule has 0 saturated carbocycles. The van der Waals surface area contributed by atoms with E-state index < -0.39 is 16.5 Å². The minimum atomic E-state index is -0.786. The highest BCUT2D eigenvalue weighted by Crippen LogP contribution is 2.25. The lowest BCUT2D eigenvalue weighted by Gasteiger charge is -2.05. The van der Waals surface area contributed by atoms with Crippen LogP contribution in [0, 0.1) is 10.1 Å². The van der Waals surface area contributed by atoms with Crippen LogP contribution >= 0.6 is 34.8 Å². The van der Waals surface area contributed by atoms with Crippen molar-refractivity contribution in [1.29, 1.82) is 0 Å². The number of hydrogen-bond acceptors (Lipinski definition) is 5. The van der Waals surface area contributed by atoms with Crippen LogP contribution in [0.4, 0.5) is 11.5 Å². The third-order valence-electron chi connectivity index (χ3n) is 3.34. The highest BCUT2D eigenvalue weighted by molar-refractivity contribution is 6.35. The van der Waals surface area contributed by atoms with E-state index in [0.29, 0.717) is 10.0 Å². The third-order valence-corrected chi connectivity index (χ3v) is 4.20. The number of nitrogens with one attached hydrogen (secondary N) is 2. The Hall–Kier alpha value is -2.62. The van der Waals surface area contributed by atoms with Crippen LogP contribution in [-0.4, -0.2) is 30.8 Å². The lowest BCUT2D eigenvalue weighted by molar-refractivity contribution is -0.385. The van der Waals surface area contributed by atoms with E-state index >= 15 is 0 Å². The van der Waals surface area contributed by atoms with Crippen molar-refractivity contribution in [3.63, 3.8) is 0 Å². The number of rotatable bonds is 5. The number of aromatic amines is 1. The number of carbonyl (C=O) groups excluding carboxylic acids is 1. The first-order valence-corrected chi connectivity index (χ1v) is 8.14. The Bertz CT molecular complexity index is 1000. The van der Waals surface area contributed by atoms with Crippen molar-refractivity contribution in [3.05, 3.63) is 67.0 Å². The van der Waals surface area contributed by atoms with Gasteiger partial charge in [0.15, 0.2) is 5.82 Å². The summed E-state index contributed by atoms with van der Waals surface area (Å²) < 4.78 is 1.47. The van der Waals surface area contributed by atoms with Crippen LogP contribution in [0.3, 0.4) is 0 Å². The van der Waals surface area contributed by atoms with Gasteiger partial charge in [0.05, 0.1) is 11.5 Å². The van der Waals surface area contributed by atoms with Gasteiger partial charge < -0.3 is 5.32 Å². The zero-order valence-electron chi connectivity index (χ0n) is 12.7. The summed E-state index contributed by atoms with van der Waals surface area (Å²) in [6.07, 6.45) is 2.43. The predicted octanol–water partition coefficient (Wildman–Crippen LogP) is 3.78. The molecule has 26 heavy (non-hydrogen) atoms. The molecule has 0 bridgehead atoms. The molecule has 0 aliphatic carbocycles. The molecule has 0 aliphatic heterocycles. The maximum Gasteiger partial charge on any atom is 0.319 e. The number of carbonyl (C=O) groups is 1. The Morgan fingerprint density at radius 3 is 2.77 bits per heavy atom. The van der Waals surface area contributed by atoms with E-state index in [-0.39, 0.29) is 23.1 Å². The molecular weight excluding hydrogens is 407 g/mol. The Balaban J connectivity index is 1.79. The van der Waals surface area contributed by atoms with Crippen LogP contribution in [0.5, 0.6) is 0 Å². The molecule has 134 valence electrons. The number of anilines is 1. The molecule has 0 aliphatic rings. The lowest BCUT2D eigenvalue weighted by Crippen LogP contribution is -2.15. The highest BCUT2D eigenvalue weighted by Gasteiger charge is 2.24. The van der Waals surface area contributed by atoms with Crippen LogP contribution in [0.25, 0.3) is 0 Å². The van der Waals surface area contributed by atoms with Gasteiger partial charge in [-0.25, -0.2) is 0 Å². The number of benzene rings is 1. The molecule has 0 atom stereocenters. The largest absolute Gasteiger partial charge is 0.319 e. The molecule has 0 fully saturated rings. The van der Waals surface area contributed by atoms with E-state index in [1.165, 1.54) is 10.9 Å². The maximum absolute atomic E-state index is 12.2. The normalized spacial score (nSPS) is 10.7. The summed E-state index contributed by atoms with van der Waals surface area (Å²) in [4.78, 5) is 22.3. The zero-order chi connectivity index (χ0) is 18.8. The van der Waals surface area contributed by atoms with Crippen molar-refractivity contribution >= 4 is 52.2 Å². The second-order valence-corrected chi connectivity index (χ2v) is 6.35. The van der Waals surface area contributed by atoms with Gasteiger partial charge in [0.1, 0.15) is 11.2 Å². The Kier molecular flexibility index (Phi) is 5.12. The van der Waals surface area contributed by atoms with Crippen LogP contribution in [-0.2, 0) is 6.54 Å². The smallest absolute Gasteiger partial charge is 0.302 e. The number of H-pyrrole nitrogens is 1. The summed E-state index contributed by atoms with van der Waals surface area (Å²) in [6, 6.07) is 5.03. The first-order valence-electron chi connectivity index (χ1n) is 7.01. The second-order valence-electron chi connectivity index (χ2n) is 5.10. The average Bonchev–Trinajstić information content (AvgIpc) is 3.18. The molecule has 3 rings (SSSR count). The van der Waals surface area contributed by atoms with Gasteiger partial charge in [0, 0.05) is 16.2 Å². The van der Waals surface area contributed by atoms with Gasteiger partial charge in [-0.3, -0.25) is 24.7 Å². The Morgan fingerprint density at radius 1 is 1.31 bits per heavy atom. The van der Waals surface area contributed by atoms with E-state index in [2.05, 4.69) is 20.6 Å². The predicted molar refractivity (Wildman–Crippen MR) is 96.0 cm³/mol. The SMILES string of the molecule is O=C(Nc1nn(Cc2ccc(Cl)cc2Cl)cc1Cl)c1[nH]ncc1[N+](=O)[O-]. The second kappa shape index (κ2) is 7.32. The summed E-state index contributed by atoms with van der Waals surface area (Å²) in [5.41, 5.74) is -0.00956. The van der Waals surface area contributed by atoms with Gasteiger partial charge >= 0.3 is 5.69 Å². The van der Waals surface area contributed by atoms with Gasteiger partial charge in [-0.2, -0.15) is 10.2 Å². The molecule has 9 nitrogen and oxygen atoms in total. The molecule has 1 amide bonds. The maximum atomic E-state index is 12.2. The first-order chi connectivity index (χ1) is 12.3. The minimum Gasteiger partial charge on any atom is -0.302 e. The fourth-order valence-electron chi connectivity index (χ4n) is 2.14. The van der Waals surface area contributed by atoms with Crippen molar-refractivity contribution in [1.82, 2.24) is 20.0 Å². The number of nitrogens with zero attached hydrogens (tertiary/aromatic N) is 4. The van der Waals surface area contributed by atoms with Crippen molar-refractivity contribution in [2.24, 2.45) is 0 Å². The molecule has 2 aromatic heterocycles. The van der Waals surface area contributed by atoms with Crippen molar-refractivity contribution in [2.75, 3.05) is 5.32 Å². The third kappa shape index (κ3) is 3.79. The molecule has 3 aromatic rings. The molecule has 12 heteroatoms. The van der Waals surface area contributed by atoms with Gasteiger partial charge in [-0.05, 0) is 17.7 Å².